The lowest BCUT2D eigenvalue weighted by atomic mass is 10.2. The highest BCUT2D eigenvalue weighted by molar-refractivity contribution is 7.85. The van der Waals surface area contributed by atoms with Crippen LogP contribution < -0.4 is 5.73 Å². The third kappa shape index (κ3) is 3.44. The summed E-state index contributed by atoms with van der Waals surface area (Å²) in [5, 5.41) is 0. The second-order valence-electron chi connectivity index (χ2n) is 3.41. The molecule has 1 amide bonds. The van der Waals surface area contributed by atoms with Crippen LogP contribution in [-0.2, 0) is 15.6 Å². The van der Waals surface area contributed by atoms with Gasteiger partial charge in [0.05, 0.1) is 0 Å². The lowest BCUT2D eigenvalue weighted by Crippen LogP contribution is -2.43. The minimum atomic E-state index is -0.715. The molecule has 1 aliphatic rings. The molecule has 1 rings (SSSR count). The van der Waals surface area contributed by atoms with Crippen molar-refractivity contribution < 1.29 is 9.00 Å². The van der Waals surface area contributed by atoms with Gasteiger partial charge in [-0.05, 0) is 6.92 Å². The van der Waals surface area contributed by atoms with Gasteiger partial charge in [-0.2, -0.15) is 0 Å². The van der Waals surface area contributed by atoms with Gasteiger partial charge in [0.25, 0.3) is 0 Å². The van der Waals surface area contributed by atoms with Crippen molar-refractivity contribution >= 4 is 16.7 Å². The minimum Gasteiger partial charge on any atom is -0.341 e. The Kier molecular flexibility index (Phi) is 3.87. The van der Waals surface area contributed by atoms with Crippen molar-refractivity contribution in [1.82, 2.24) is 4.90 Å². The Labute approximate surface area is 80.9 Å². The van der Waals surface area contributed by atoms with Gasteiger partial charge in [0.15, 0.2) is 0 Å². The molecular formula is C8H16N2O2S. The second kappa shape index (κ2) is 4.72. The first-order valence-corrected chi connectivity index (χ1v) is 5.96. The van der Waals surface area contributed by atoms with Crippen LogP contribution in [0.15, 0.2) is 0 Å². The zero-order chi connectivity index (χ0) is 9.84. The van der Waals surface area contributed by atoms with Crippen LogP contribution in [0.25, 0.3) is 0 Å². The van der Waals surface area contributed by atoms with Crippen molar-refractivity contribution in [3.63, 3.8) is 0 Å². The van der Waals surface area contributed by atoms with Crippen LogP contribution in [0.2, 0.25) is 0 Å². The summed E-state index contributed by atoms with van der Waals surface area (Å²) in [6, 6.07) is -0.0834. The third-order valence-electron chi connectivity index (χ3n) is 2.03. The van der Waals surface area contributed by atoms with Gasteiger partial charge in [-0.1, -0.05) is 0 Å². The van der Waals surface area contributed by atoms with Gasteiger partial charge in [0.1, 0.15) is 0 Å². The van der Waals surface area contributed by atoms with Gasteiger partial charge in [-0.3, -0.25) is 9.00 Å². The van der Waals surface area contributed by atoms with Gasteiger partial charge in [-0.25, -0.2) is 0 Å². The first-order valence-electron chi connectivity index (χ1n) is 4.48. The van der Waals surface area contributed by atoms with Crippen molar-refractivity contribution in [1.29, 1.82) is 0 Å². The smallest absolute Gasteiger partial charge is 0.224 e. The van der Waals surface area contributed by atoms with Gasteiger partial charge in [-0.15, -0.1) is 0 Å². The fraction of sp³-hybridized carbons (Fsp3) is 0.875. The Bertz CT molecular complexity index is 208. The second-order valence-corrected chi connectivity index (χ2v) is 5.11. The van der Waals surface area contributed by atoms with E-state index in [-0.39, 0.29) is 11.9 Å². The Morgan fingerprint density at radius 3 is 2.54 bits per heavy atom. The molecule has 1 fully saturated rings. The summed E-state index contributed by atoms with van der Waals surface area (Å²) in [4.78, 5) is 13.2. The Hall–Kier alpha value is -0.420. The Morgan fingerprint density at radius 2 is 2.08 bits per heavy atom. The minimum absolute atomic E-state index is 0.0834. The fourth-order valence-electron chi connectivity index (χ4n) is 1.29. The van der Waals surface area contributed by atoms with Crippen LogP contribution in [0.3, 0.4) is 0 Å². The number of hydrogen-bond donors (Lipinski definition) is 1. The van der Waals surface area contributed by atoms with Crippen molar-refractivity contribution in [3.8, 4) is 0 Å². The van der Waals surface area contributed by atoms with E-state index in [1.165, 1.54) is 0 Å². The van der Waals surface area contributed by atoms with E-state index in [2.05, 4.69) is 0 Å². The number of hydrogen-bond acceptors (Lipinski definition) is 3. The molecule has 0 spiro atoms. The molecule has 1 aliphatic heterocycles. The molecule has 0 bridgehead atoms. The van der Waals surface area contributed by atoms with Crippen molar-refractivity contribution in [3.05, 3.63) is 0 Å². The maximum Gasteiger partial charge on any atom is 0.224 e. The van der Waals surface area contributed by atoms with E-state index in [1.54, 1.807) is 4.90 Å². The Balaban J connectivity index is 2.35. The van der Waals surface area contributed by atoms with E-state index in [0.717, 1.165) is 0 Å². The number of amides is 1. The van der Waals surface area contributed by atoms with E-state index in [4.69, 9.17) is 5.73 Å². The summed E-state index contributed by atoms with van der Waals surface area (Å²) >= 11 is 0. The molecule has 5 heteroatoms. The van der Waals surface area contributed by atoms with Gasteiger partial charge < -0.3 is 10.6 Å². The summed E-state index contributed by atoms with van der Waals surface area (Å²) in [7, 11) is -0.715. The van der Waals surface area contributed by atoms with Crippen LogP contribution in [-0.4, -0.2) is 45.7 Å². The van der Waals surface area contributed by atoms with Crippen LogP contribution in [0.1, 0.15) is 13.3 Å². The lowest BCUT2D eigenvalue weighted by molar-refractivity contribution is -0.131. The lowest BCUT2D eigenvalue weighted by Gasteiger charge is -2.26. The number of rotatable bonds is 2. The van der Waals surface area contributed by atoms with Crippen LogP contribution >= 0.6 is 0 Å². The van der Waals surface area contributed by atoms with Gasteiger partial charge in [0.2, 0.25) is 5.91 Å². The highest BCUT2D eigenvalue weighted by Crippen LogP contribution is 2.03. The highest BCUT2D eigenvalue weighted by Gasteiger charge is 2.20. The predicted octanol–water partition coefficient (Wildman–Crippen LogP) is -0.685. The fourth-order valence-corrected chi connectivity index (χ4v) is 2.34. The molecule has 2 N–H and O–H groups in total. The molecule has 0 aliphatic carbocycles. The summed E-state index contributed by atoms with van der Waals surface area (Å²) < 4.78 is 11.0. The normalized spacial score (nSPS) is 21.5. The molecule has 0 aromatic rings. The van der Waals surface area contributed by atoms with E-state index < -0.39 is 10.8 Å². The summed E-state index contributed by atoms with van der Waals surface area (Å²) in [5.74, 6) is 1.32. The van der Waals surface area contributed by atoms with Crippen molar-refractivity contribution in [2.24, 2.45) is 5.73 Å². The molecule has 1 atom stereocenters. The van der Waals surface area contributed by atoms with Crippen LogP contribution in [0, 0.1) is 0 Å². The largest absolute Gasteiger partial charge is 0.341 e. The Morgan fingerprint density at radius 1 is 1.54 bits per heavy atom. The molecule has 0 aromatic heterocycles. The molecule has 1 unspecified atom stereocenters. The van der Waals surface area contributed by atoms with Crippen LogP contribution in [0.5, 0.6) is 0 Å². The highest BCUT2D eigenvalue weighted by atomic mass is 32.2. The number of carbonyl (C=O) groups is 1. The molecule has 1 saturated heterocycles. The van der Waals surface area contributed by atoms with E-state index in [0.29, 0.717) is 31.0 Å². The van der Waals surface area contributed by atoms with E-state index in [9.17, 15) is 9.00 Å². The molecule has 76 valence electrons. The molecule has 0 radical (unpaired) electrons. The van der Waals surface area contributed by atoms with Gasteiger partial charge >= 0.3 is 0 Å². The number of carbonyl (C=O) groups excluding carboxylic acids is 1. The maximum atomic E-state index is 11.5. The molecular weight excluding hydrogens is 188 g/mol. The summed E-state index contributed by atoms with van der Waals surface area (Å²) in [6.45, 7) is 3.07. The quantitative estimate of drug-likeness (QED) is 0.648. The van der Waals surface area contributed by atoms with E-state index >= 15 is 0 Å². The standard InChI is InChI=1S/C8H16N2O2S/c1-7(9)6-8(11)10-2-4-13(12)5-3-10/h7H,2-6,9H2,1H3. The molecule has 1 heterocycles. The average molecular weight is 204 g/mol. The third-order valence-corrected chi connectivity index (χ3v) is 3.30. The molecule has 0 saturated carbocycles. The molecule has 0 aromatic carbocycles. The predicted molar refractivity (Wildman–Crippen MR) is 52.7 cm³/mol. The first-order chi connectivity index (χ1) is 6.09. The average Bonchev–Trinajstić information content (AvgIpc) is 2.04. The molecule has 4 nitrogen and oxygen atoms in total. The van der Waals surface area contributed by atoms with Crippen molar-refractivity contribution in [2.45, 2.75) is 19.4 Å². The maximum absolute atomic E-state index is 11.5. The number of nitrogens with two attached hydrogens (primary N) is 1. The number of nitrogens with zero attached hydrogens (tertiary/aromatic N) is 1. The first kappa shape index (κ1) is 10.7. The van der Waals surface area contributed by atoms with Gasteiger partial charge in [0, 0.05) is 47.9 Å². The zero-order valence-corrected chi connectivity index (χ0v) is 8.68. The SMILES string of the molecule is CC(N)CC(=O)N1CCS(=O)CC1. The van der Waals surface area contributed by atoms with Crippen LogP contribution in [0.4, 0.5) is 0 Å². The summed E-state index contributed by atoms with van der Waals surface area (Å²) in [5.41, 5.74) is 5.52. The van der Waals surface area contributed by atoms with Crippen molar-refractivity contribution in [2.75, 3.05) is 24.6 Å². The topological polar surface area (TPSA) is 63.4 Å². The summed E-state index contributed by atoms with van der Waals surface area (Å²) in [6.07, 6.45) is 0.395. The zero-order valence-electron chi connectivity index (χ0n) is 7.86. The monoisotopic (exact) mass is 204 g/mol. The van der Waals surface area contributed by atoms with E-state index in [1.807, 2.05) is 6.92 Å². The molecule has 13 heavy (non-hydrogen) atoms.